The number of alkyl halides is 1. The Morgan fingerprint density at radius 2 is 1.58 bits per heavy atom. The Morgan fingerprint density at radius 3 is 2.19 bits per heavy atom. The molecule has 26 heavy (non-hydrogen) atoms. The Kier molecular flexibility index (Phi) is 10.3. The Hall–Kier alpha value is -1.62. The van der Waals surface area contributed by atoms with Gasteiger partial charge in [-0.3, -0.25) is 4.90 Å². The van der Waals surface area contributed by atoms with E-state index in [1.165, 1.54) is 0 Å². The van der Waals surface area contributed by atoms with Crippen LogP contribution in [0.4, 0.5) is 0 Å². The smallest absolute Gasteiger partial charge is 0.163 e. The maximum absolute atomic E-state index is 6.06. The van der Waals surface area contributed by atoms with Gasteiger partial charge in [0.25, 0.3) is 0 Å². The summed E-state index contributed by atoms with van der Waals surface area (Å²) in [6.07, 6.45) is -0.143. The van der Waals surface area contributed by atoms with Gasteiger partial charge in [-0.2, -0.15) is 0 Å². The fraction of sp³-hybridized carbons (Fsp3) is 0.400. The molecule has 0 aromatic heterocycles. The van der Waals surface area contributed by atoms with Crippen molar-refractivity contribution in [2.24, 2.45) is 0 Å². The van der Waals surface area contributed by atoms with Crippen LogP contribution in [0.5, 0.6) is 17.2 Å². The zero-order chi connectivity index (χ0) is 18.1. The maximum Gasteiger partial charge on any atom is 0.163 e. The number of hydrogen-bond acceptors (Lipinski definition) is 4. The van der Waals surface area contributed by atoms with Gasteiger partial charge in [0.2, 0.25) is 0 Å². The molecule has 2 aromatic rings. The fourth-order valence-corrected chi connectivity index (χ4v) is 2.77. The molecule has 6 heteroatoms. The summed E-state index contributed by atoms with van der Waals surface area (Å²) >= 11 is 5.96. The van der Waals surface area contributed by atoms with E-state index in [0.29, 0.717) is 12.5 Å². The van der Waals surface area contributed by atoms with Crippen molar-refractivity contribution in [2.45, 2.75) is 20.1 Å². The summed E-state index contributed by atoms with van der Waals surface area (Å²) in [7, 11) is 1.64. The van der Waals surface area contributed by atoms with Gasteiger partial charge >= 0.3 is 0 Å². The average molecular weight is 400 g/mol. The van der Waals surface area contributed by atoms with Crippen LogP contribution in [0.2, 0.25) is 0 Å². The molecule has 1 unspecified atom stereocenters. The van der Waals surface area contributed by atoms with Crippen LogP contribution in [0.1, 0.15) is 12.5 Å². The predicted molar refractivity (Wildman–Crippen MR) is 109 cm³/mol. The third kappa shape index (κ3) is 6.60. The van der Waals surface area contributed by atoms with Gasteiger partial charge in [-0.1, -0.05) is 30.3 Å². The molecule has 0 heterocycles. The summed E-state index contributed by atoms with van der Waals surface area (Å²) in [5.74, 6) is 2.88. The molecule has 4 nitrogen and oxygen atoms in total. The van der Waals surface area contributed by atoms with Crippen LogP contribution in [-0.2, 0) is 0 Å². The molecule has 0 spiro atoms. The maximum atomic E-state index is 6.06. The van der Waals surface area contributed by atoms with E-state index >= 15 is 0 Å². The van der Waals surface area contributed by atoms with Crippen LogP contribution < -0.4 is 14.2 Å². The van der Waals surface area contributed by atoms with Gasteiger partial charge in [0.15, 0.2) is 11.5 Å². The predicted octanol–water partition coefficient (Wildman–Crippen LogP) is 4.77. The highest BCUT2D eigenvalue weighted by molar-refractivity contribution is 6.18. The van der Waals surface area contributed by atoms with Gasteiger partial charge in [-0.05, 0) is 37.6 Å². The quantitative estimate of drug-likeness (QED) is 0.425. The molecule has 144 valence electrons. The van der Waals surface area contributed by atoms with Crippen molar-refractivity contribution in [2.75, 3.05) is 32.7 Å². The number of aryl methyl sites for hydroxylation is 1. The van der Waals surface area contributed by atoms with E-state index in [9.17, 15) is 0 Å². The van der Waals surface area contributed by atoms with Gasteiger partial charge in [0.05, 0.1) is 7.11 Å². The minimum absolute atomic E-state index is 0. The monoisotopic (exact) mass is 399 g/mol. The van der Waals surface area contributed by atoms with Crippen LogP contribution in [0.25, 0.3) is 0 Å². The highest BCUT2D eigenvalue weighted by atomic mass is 35.5. The van der Waals surface area contributed by atoms with E-state index in [2.05, 4.69) is 4.90 Å². The number of hydrogen-bond donors (Lipinski definition) is 0. The number of para-hydroxylation sites is 3. The van der Waals surface area contributed by atoms with Gasteiger partial charge < -0.3 is 14.2 Å². The van der Waals surface area contributed by atoms with E-state index in [1.807, 2.05) is 62.4 Å². The van der Waals surface area contributed by atoms with Crippen LogP contribution in [0, 0.1) is 6.92 Å². The second-order valence-electron chi connectivity index (χ2n) is 5.71. The Bertz CT molecular complexity index is 654. The molecule has 0 fully saturated rings. The molecule has 0 aliphatic carbocycles. The molecule has 0 saturated heterocycles. The van der Waals surface area contributed by atoms with Crippen molar-refractivity contribution in [3.63, 3.8) is 0 Å². The zero-order valence-electron chi connectivity index (χ0n) is 15.5. The van der Waals surface area contributed by atoms with E-state index in [-0.39, 0.29) is 18.6 Å². The lowest BCUT2D eigenvalue weighted by Gasteiger charge is -2.29. The molecule has 0 N–H and O–H groups in total. The van der Waals surface area contributed by atoms with Crippen LogP contribution in [0.15, 0.2) is 48.5 Å². The summed E-state index contributed by atoms with van der Waals surface area (Å²) in [6.45, 7) is 6.06. The number of benzene rings is 2. The minimum Gasteiger partial charge on any atom is -0.493 e. The lowest BCUT2D eigenvalue weighted by Crippen LogP contribution is -2.41. The molecule has 0 saturated carbocycles. The van der Waals surface area contributed by atoms with Crippen molar-refractivity contribution in [1.82, 2.24) is 4.90 Å². The van der Waals surface area contributed by atoms with Crippen molar-refractivity contribution >= 4 is 24.0 Å². The lowest BCUT2D eigenvalue weighted by atomic mass is 10.2. The summed E-state index contributed by atoms with van der Waals surface area (Å²) in [5.41, 5.74) is 1.13. The normalized spacial score (nSPS) is 11.6. The summed E-state index contributed by atoms with van der Waals surface area (Å²) < 4.78 is 17.3. The second kappa shape index (κ2) is 11.9. The van der Waals surface area contributed by atoms with E-state index < -0.39 is 0 Å². The average Bonchev–Trinajstić information content (AvgIpc) is 2.63. The first-order valence-corrected chi connectivity index (χ1v) is 8.97. The van der Waals surface area contributed by atoms with Crippen molar-refractivity contribution in [3.05, 3.63) is 54.1 Å². The third-order valence-corrected chi connectivity index (χ3v) is 4.15. The zero-order valence-corrected chi connectivity index (χ0v) is 17.1. The molecular weight excluding hydrogens is 373 g/mol. The molecule has 2 aromatic carbocycles. The Labute approximate surface area is 167 Å². The van der Waals surface area contributed by atoms with Crippen LogP contribution >= 0.6 is 24.0 Å². The Morgan fingerprint density at radius 1 is 0.962 bits per heavy atom. The molecule has 1 atom stereocenters. The Balaban J connectivity index is 0.00000338. The first-order chi connectivity index (χ1) is 12.2. The van der Waals surface area contributed by atoms with Gasteiger partial charge in [0, 0.05) is 19.0 Å². The molecule has 0 radical (unpaired) electrons. The van der Waals surface area contributed by atoms with Crippen molar-refractivity contribution in [1.29, 1.82) is 0 Å². The lowest BCUT2D eigenvalue weighted by molar-refractivity contribution is 0.0330. The minimum atomic E-state index is -0.143. The number of halogens is 2. The van der Waals surface area contributed by atoms with E-state index in [0.717, 1.165) is 35.9 Å². The van der Waals surface area contributed by atoms with Gasteiger partial charge in [-0.25, -0.2) is 0 Å². The summed E-state index contributed by atoms with van der Waals surface area (Å²) in [6, 6.07) is 15.6. The van der Waals surface area contributed by atoms with E-state index in [1.54, 1.807) is 7.11 Å². The molecule has 0 amide bonds. The highest BCUT2D eigenvalue weighted by Crippen LogP contribution is 2.27. The van der Waals surface area contributed by atoms with Crippen LogP contribution in [-0.4, -0.2) is 43.8 Å². The van der Waals surface area contributed by atoms with Gasteiger partial charge in [0.1, 0.15) is 18.6 Å². The molecule has 2 rings (SSSR count). The second-order valence-corrected chi connectivity index (χ2v) is 6.08. The van der Waals surface area contributed by atoms with Crippen molar-refractivity contribution < 1.29 is 14.2 Å². The standard InChI is InChI=1S/C20H26ClNO3.ClH/c1-16-8-4-5-9-18(16)24-15-14-22(13-12-21)17(2)25-20-11-7-6-10-19(20)23-3;/h4-11,17H,12-15H2,1-3H3;1H. The molecule has 0 bridgehead atoms. The van der Waals surface area contributed by atoms with Gasteiger partial charge in [-0.15, -0.1) is 24.0 Å². The molecular formula is C20H27Cl2NO3. The topological polar surface area (TPSA) is 30.9 Å². The first kappa shape index (κ1) is 22.4. The molecule has 0 aliphatic heterocycles. The largest absolute Gasteiger partial charge is 0.493 e. The first-order valence-electron chi connectivity index (χ1n) is 8.43. The fourth-order valence-electron chi connectivity index (χ4n) is 2.55. The number of nitrogens with zero attached hydrogens (tertiary/aromatic N) is 1. The molecule has 0 aliphatic rings. The third-order valence-electron chi connectivity index (χ3n) is 3.98. The van der Waals surface area contributed by atoms with Crippen molar-refractivity contribution in [3.8, 4) is 17.2 Å². The summed E-state index contributed by atoms with van der Waals surface area (Å²) in [5, 5.41) is 0. The number of ether oxygens (including phenoxy) is 3. The number of methoxy groups -OCH3 is 1. The highest BCUT2D eigenvalue weighted by Gasteiger charge is 2.17. The summed E-state index contributed by atoms with van der Waals surface area (Å²) in [4.78, 5) is 2.15. The van der Waals surface area contributed by atoms with E-state index in [4.69, 9.17) is 25.8 Å². The number of rotatable bonds is 10. The SMILES string of the molecule is COc1ccccc1OC(C)N(CCCl)CCOc1ccccc1C.Cl. The van der Waals surface area contributed by atoms with Crippen LogP contribution in [0.3, 0.4) is 0 Å².